The van der Waals surface area contributed by atoms with E-state index in [4.69, 9.17) is 11.2 Å². The van der Waals surface area contributed by atoms with Gasteiger partial charge in [0.25, 0.3) is 0 Å². The van der Waals surface area contributed by atoms with Crippen LogP contribution in [0.4, 0.5) is 0 Å². The molecule has 0 N–H and O–H groups in total. The molecule has 0 aromatic carbocycles. The van der Waals surface area contributed by atoms with E-state index in [0.29, 0.717) is 0 Å². The Bertz CT molecular complexity index is 246. The SMILES string of the molecule is Cl[P+](C1CCCCC1)(C1CCCCC1)C1CCCCC1.[Ru]. The molecule has 0 nitrogen and oxygen atoms in total. The van der Waals surface area contributed by atoms with Crippen LogP contribution in [-0.2, 0) is 19.5 Å². The molecule has 124 valence electrons. The quantitative estimate of drug-likeness (QED) is 0.338. The second kappa shape index (κ2) is 8.99. The summed E-state index contributed by atoms with van der Waals surface area (Å²) >= 11 is 7.69. The second-order valence-electron chi connectivity index (χ2n) is 7.62. The van der Waals surface area contributed by atoms with Crippen molar-refractivity contribution in [2.75, 3.05) is 0 Å². The van der Waals surface area contributed by atoms with Crippen LogP contribution in [0.5, 0.6) is 0 Å². The molecule has 0 heterocycles. The first-order valence-electron chi connectivity index (χ1n) is 9.39. The van der Waals surface area contributed by atoms with Crippen LogP contribution in [0.15, 0.2) is 0 Å². The number of hydrogen-bond donors (Lipinski definition) is 0. The van der Waals surface area contributed by atoms with Crippen LogP contribution in [0, 0.1) is 0 Å². The summed E-state index contributed by atoms with van der Waals surface area (Å²) in [6, 6.07) is 0. The number of rotatable bonds is 3. The maximum atomic E-state index is 7.69. The predicted octanol–water partition coefficient (Wildman–Crippen LogP) is 7.15. The molecule has 21 heavy (non-hydrogen) atoms. The summed E-state index contributed by atoms with van der Waals surface area (Å²) in [6.07, 6.45) is 22.1. The molecule has 0 bridgehead atoms. The fraction of sp³-hybridized carbons (Fsp3) is 1.00. The van der Waals surface area contributed by atoms with Crippen molar-refractivity contribution >= 4 is 17.9 Å². The Hall–Kier alpha value is 1.34. The summed E-state index contributed by atoms with van der Waals surface area (Å²) in [4.78, 5) is 0. The van der Waals surface area contributed by atoms with Crippen molar-refractivity contribution in [3.63, 3.8) is 0 Å². The van der Waals surface area contributed by atoms with Gasteiger partial charge in [-0.1, -0.05) is 19.3 Å². The van der Waals surface area contributed by atoms with Gasteiger partial charge in [0.05, 0.1) is 28.2 Å². The normalized spacial score (nSPS) is 27.3. The number of hydrogen-bond acceptors (Lipinski definition) is 0. The molecule has 3 aliphatic rings. The minimum Gasteiger partial charge on any atom is -0.0530 e. The molecular formula is C18H33ClPRu+. The molecule has 3 saturated carbocycles. The van der Waals surface area contributed by atoms with Crippen molar-refractivity contribution in [2.24, 2.45) is 0 Å². The second-order valence-corrected chi connectivity index (χ2v) is 13.0. The Kier molecular flexibility index (Phi) is 8.00. The van der Waals surface area contributed by atoms with Crippen LogP contribution in [-0.4, -0.2) is 17.0 Å². The Morgan fingerprint density at radius 1 is 0.476 bits per heavy atom. The third kappa shape index (κ3) is 4.25. The van der Waals surface area contributed by atoms with E-state index in [-0.39, 0.29) is 19.5 Å². The molecule has 3 aliphatic carbocycles. The average Bonchev–Trinajstić information content (AvgIpc) is 2.56. The van der Waals surface area contributed by atoms with E-state index in [2.05, 4.69) is 0 Å². The fourth-order valence-corrected chi connectivity index (χ4v) is 12.3. The molecule has 3 heteroatoms. The molecule has 0 aromatic heterocycles. The smallest absolute Gasteiger partial charge is 0.0530 e. The summed E-state index contributed by atoms with van der Waals surface area (Å²) in [6.45, 7) is -1.22. The van der Waals surface area contributed by atoms with Crippen LogP contribution >= 0.6 is 17.9 Å². The van der Waals surface area contributed by atoms with Gasteiger partial charge in [-0.15, -0.1) is 0 Å². The minimum atomic E-state index is -1.22. The van der Waals surface area contributed by atoms with Gasteiger partial charge in [-0.2, -0.15) is 0 Å². The zero-order valence-corrected chi connectivity index (χ0v) is 16.9. The zero-order valence-electron chi connectivity index (χ0n) is 13.5. The summed E-state index contributed by atoms with van der Waals surface area (Å²) in [5.41, 5.74) is 2.84. The summed E-state index contributed by atoms with van der Waals surface area (Å²) < 4.78 is 0. The Balaban J connectivity index is 0.00000161. The van der Waals surface area contributed by atoms with Crippen LogP contribution in [0.1, 0.15) is 96.3 Å². The van der Waals surface area contributed by atoms with Gasteiger partial charge in [-0.25, -0.2) is 0 Å². The van der Waals surface area contributed by atoms with E-state index in [0.717, 1.165) is 17.0 Å². The minimum absolute atomic E-state index is 0. The average molecular weight is 417 g/mol. The molecule has 0 amide bonds. The van der Waals surface area contributed by atoms with Crippen LogP contribution in [0.25, 0.3) is 0 Å². The third-order valence-corrected chi connectivity index (χ3v) is 13.8. The van der Waals surface area contributed by atoms with Gasteiger partial charge in [0.15, 0.2) is 0 Å². The summed E-state index contributed by atoms with van der Waals surface area (Å²) in [5.74, 6) is 0. The first-order valence-corrected chi connectivity index (χ1v) is 12.3. The zero-order chi connectivity index (χ0) is 13.8. The summed E-state index contributed by atoms with van der Waals surface area (Å²) in [7, 11) is 0. The van der Waals surface area contributed by atoms with Gasteiger partial charge in [0.1, 0.15) is 6.62 Å². The van der Waals surface area contributed by atoms with Gasteiger partial charge >= 0.3 is 0 Å². The molecule has 0 spiro atoms. The molecule has 0 saturated heterocycles. The Morgan fingerprint density at radius 3 is 0.952 bits per heavy atom. The van der Waals surface area contributed by atoms with Crippen LogP contribution in [0.3, 0.4) is 0 Å². The van der Waals surface area contributed by atoms with Gasteiger partial charge in [-0.3, -0.25) is 0 Å². The largest absolute Gasteiger partial charge is 0.122 e. The van der Waals surface area contributed by atoms with E-state index in [9.17, 15) is 0 Å². The van der Waals surface area contributed by atoms with Gasteiger partial charge in [0.2, 0.25) is 0 Å². The van der Waals surface area contributed by atoms with E-state index < -0.39 is 6.62 Å². The van der Waals surface area contributed by atoms with E-state index >= 15 is 0 Å². The van der Waals surface area contributed by atoms with E-state index in [1.54, 1.807) is 0 Å². The van der Waals surface area contributed by atoms with Crippen molar-refractivity contribution in [1.29, 1.82) is 0 Å². The molecule has 0 aliphatic heterocycles. The molecule has 0 aromatic rings. The van der Waals surface area contributed by atoms with E-state index in [1.165, 1.54) is 96.3 Å². The standard InChI is InChI=1S/C18H33ClP.Ru/c19-20(16-10-4-1-5-11-16,17-12-6-2-7-13-17)18-14-8-3-9-15-18;/h16-18H,1-15H2;/q+1;. The molecule has 0 unspecified atom stereocenters. The van der Waals surface area contributed by atoms with E-state index in [1.807, 2.05) is 0 Å². The van der Waals surface area contributed by atoms with Gasteiger partial charge < -0.3 is 0 Å². The van der Waals surface area contributed by atoms with Crippen molar-refractivity contribution < 1.29 is 19.5 Å². The third-order valence-electron chi connectivity index (χ3n) is 6.40. The molecule has 0 radical (unpaired) electrons. The topological polar surface area (TPSA) is 0 Å². The number of halogens is 1. The first-order chi connectivity index (χ1) is 9.82. The molecule has 3 fully saturated rings. The maximum Gasteiger partial charge on any atom is 0.122 e. The first kappa shape index (κ1) is 18.7. The van der Waals surface area contributed by atoms with Gasteiger partial charge in [0, 0.05) is 19.5 Å². The Labute approximate surface area is 150 Å². The van der Waals surface area contributed by atoms with Crippen LogP contribution in [0.2, 0.25) is 0 Å². The van der Waals surface area contributed by atoms with Crippen molar-refractivity contribution in [1.82, 2.24) is 0 Å². The van der Waals surface area contributed by atoms with Gasteiger partial charge in [-0.05, 0) is 77.0 Å². The van der Waals surface area contributed by atoms with Crippen LogP contribution < -0.4 is 0 Å². The maximum absolute atomic E-state index is 7.69. The summed E-state index contributed by atoms with van der Waals surface area (Å²) in [5, 5.41) is 0. The van der Waals surface area contributed by atoms with Crippen molar-refractivity contribution in [3.8, 4) is 0 Å². The molecule has 0 atom stereocenters. The predicted molar refractivity (Wildman–Crippen MR) is 93.4 cm³/mol. The fourth-order valence-electron chi connectivity index (χ4n) is 5.32. The monoisotopic (exact) mass is 417 g/mol. The molecular weight excluding hydrogens is 384 g/mol. The van der Waals surface area contributed by atoms with Crippen molar-refractivity contribution in [3.05, 3.63) is 0 Å². The Morgan fingerprint density at radius 2 is 0.714 bits per heavy atom. The van der Waals surface area contributed by atoms with Crippen molar-refractivity contribution in [2.45, 2.75) is 113 Å². The molecule has 3 rings (SSSR count).